The van der Waals surface area contributed by atoms with Crippen molar-refractivity contribution < 1.29 is 4.74 Å². The Bertz CT molecular complexity index is 317. The molecule has 1 heterocycles. The average Bonchev–Trinajstić information content (AvgIpc) is 2.14. The van der Waals surface area contributed by atoms with Crippen molar-refractivity contribution in [2.75, 3.05) is 12.8 Å². The van der Waals surface area contributed by atoms with Gasteiger partial charge in [-0.05, 0) is 22.4 Å². The van der Waals surface area contributed by atoms with Gasteiger partial charge in [0.1, 0.15) is 11.6 Å². The van der Waals surface area contributed by atoms with Crippen LogP contribution in [0.1, 0.15) is 24.9 Å². The first-order chi connectivity index (χ1) is 6.69. The molecule has 0 atom stereocenters. The Kier molecular flexibility index (Phi) is 4.28. The lowest BCUT2D eigenvalue weighted by Gasteiger charge is -2.07. The van der Waals surface area contributed by atoms with E-state index in [-0.39, 0.29) is 0 Å². The minimum Gasteiger partial charge on any atom is -0.383 e. The summed E-state index contributed by atoms with van der Waals surface area (Å²) >= 11 is 3.34. The lowest BCUT2D eigenvalue weighted by atomic mass is 10.3. The molecule has 78 valence electrons. The average molecular weight is 260 g/mol. The van der Waals surface area contributed by atoms with Crippen molar-refractivity contribution in [2.24, 2.45) is 0 Å². The van der Waals surface area contributed by atoms with Crippen molar-refractivity contribution in [3.8, 4) is 0 Å². The molecule has 0 aliphatic carbocycles. The molecular formula is C9H14BrN3O. The molecule has 0 saturated heterocycles. The van der Waals surface area contributed by atoms with Crippen molar-refractivity contribution in [1.29, 1.82) is 0 Å². The highest BCUT2D eigenvalue weighted by atomic mass is 79.9. The zero-order chi connectivity index (χ0) is 10.6. The molecule has 5 heteroatoms. The van der Waals surface area contributed by atoms with Gasteiger partial charge in [0.2, 0.25) is 0 Å². The molecule has 0 saturated carbocycles. The van der Waals surface area contributed by atoms with Crippen LogP contribution in [0.4, 0.5) is 5.82 Å². The van der Waals surface area contributed by atoms with Crippen molar-refractivity contribution >= 4 is 21.7 Å². The summed E-state index contributed by atoms with van der Waals surface area (Å²) in [5.74, 6) is 1.26. The minimum atomic E-state index is 0.448. The molecule has 0 aromatic carbocycles. The topological polar surface area (TPSA) is 61.0 Å². The molecule has 0 spiro atoms. The van der Waals surface area contributed by atoms with Crippen molar-refractivity contribution in [3.05, 3.63) is 16.0 Å². The quantitative estimate of drug-likeness (QED) is 0.898. The first kappa shape index (κ1) is 11.4. The Balaban J connectivity index is 3.01. The van der Waals surface area contributed by atoms with Crippen LogP contribution < -0.4 is 5.73 Å². The number of aromatic nitrogens is 2. The van der Waals surface area contributed by atoms with Crippen molar-refractivity contribution in [1.82, 2.24) is 9.97 Å². The highest BCUT2D eigenvalue weighted by Crippen LogP contribution is 2.21. The van der Waals surface area contributed by atoms with Crippen LogP contribution in [0.3, 0.4) is 0 Å². The SMILES string of the molecule is CCCc1nc(N)c(Br)c(COC)n1. The van der Waals surface area contributed by atoms with Gasteiger partial charge >= 0.3 is 0 Å². The summed E-state index contributed by atoms with van der Waals surface area (Å²) in [5.41, 5.74) is 6.54. The predicted molar refractivity (Wildman–Crippen MR) is 58.9 cm³/mol. The van der Waals surface area contributed by atoms with Crippen LogP contribution in [-0.2, 0) is 17.8 Å². The third-order valence-electron chi connectivity index (χ3n) is 1.75. The van der Waals surface area contributed by atoms with Crippen LogP contribution in [-0.4, -0.2) is 17.1 Å². The van der Waals surface area contributed by atoms with Gasteiger partial charge in [0.15, 0.2) is 0 Å². The molecule has 0 radical (unpaired) electrons. The van der Waals surface area contributed by atoms with Crippen LogP contribution >= 0.6 is 15.9 Å². The van der Waals surface area contributed by atoms with Gasteiger partial charge in [-0.25, -0.2) is 9.97 Å². The number of anilines is 1. The third-order valence-corrected chi connectivity index (χ3v) is 2.61. The highest BCUT2D eigenvalue weighted by Gasteiger charge is 2.08. The zero-order valence-corrected chi connectivity index (χ0v) is 9.97. The van der Waals surface area contributed by atoms with Crippen LogP contribution in [0.2, 0.25) is 0 Å². The van der Waals surface area contributed by atoms with E-state index in [1.165, 1.54) is 0 Å². The number of rotatable bonds is 4. The number of halogens is 1. The monoisotopic (exact) mass is 259 g/mol. The lowest BCUT2D eigenvalue weighted by molar-refractivity contribution is 0.180. The minimum absolute atomic E-state index is 0.448. The summed E-state index contributed by atoms with van der Waals surface area (Å²) in [6, 6.07) is 0. The number of nitrogens with zero attached hydrogens (tertiary/aromatic N) is 2. The lowest BCUT2D eigenvalue weighted by Crippen LogP contribution is -2.06. The molecule has 4 nitrogen and oxygen atoms in total. The Morgan fingerprint density at radius 3 is 2.71 bits per heavy atom. The number of hydrogen-bond acceptors (Lipinski definition) is 4. The third kappa shape index (κ3) is 2.65. The van der Waals surface area contributed by atoms with E-state index >= 15 is 0 Å². The Morgan fingerprint density at radius 2 is 2.14 bits per heavy atom. The molecule has 0 unspecified atom stereocenters. The zero-order valence-electron chi connectivity index (χ0n) is 8.38. The largest absolute Gasteiger partial charge is 0.383 e. The normalized spacial score (nSPS) is 10.5. The molecule has 1 aromatic rings. The van der Waals surface area contributed by atoms with Crippen LogP contribution in [0.5, 0.6) is 0 Å². The molecular weight excluding hydrogens is 246 g/mol. The number of nitrogen functional groups attached to an aromatic ring is 1. The summed E-state index contributed by atoms with van der Waals surface area (Å²) < 4.78 is 5.76. The molecule has 0 aliphatic rings. The standard InChI is InChI=1S/C9H14BrN3O/c1-3-4-7-12-6(5-14-2)8(10)9(11)13-7/h3-5H2,1-2H3,(H2,11,12,13). The maximum absolute atomic E-state index is 5.73. The molecule has 2 N–H and O–H groups in total. The highest BCUT2D eigenvalue weighted by molar-refractivity contribution is 9.10. The summed E-state index contributed by atoms with van der Waals surface area (Å²) in [5, 5.41) is 0. The number of hydrogen-bond donors (Lipinski definition) is 1. The molecule has 0 fully saturated rings. The summed E-state index contributed by atoms with van der Waals surface area (Å²) in [6.07, 6.45) is 1.85. The van der Waals surface area contributed by atoms with E-state index in [0.717, 1.165) is 28.8 Å². The van der Waals surface area contributed by atoms with E-state index < -0.39 is 0 Å². The van der Waals surface area contributed by atoms with Gasteiger partial charge in [0.05, 0.1) is 16.8 Å². The van der Waals surface area contributed by atoms with E-state index in [0.29, 0.717) is 12.4 Å². The van der Waals surface area contributed by atoms with Gasteiger partial charge in [-0.3, -0.25) is 0 Å². The van der Waals surface area contributed by atoms with E-state index in [1.807, 2.05) is 0 Å². The van der Waals surface area contributed by atoms with E-state index in [9.17, 15) is 0 Å². The van der Waals surface area contributed by atoms with Gasteiger partial charge in [-0.1, -0.05) is 6.92 Å². The first-order valence-corrected chi connectivity index (χ1v) is 5.28. The molecule has 0 amide bonds. The summed E-state index contributed by atoms with van der Waals surface area (Å²) in [7, 11) is 1.63. The first-order valence-electron chi connectivity index (χ1n) is 4.48. The number of nitrogens with two attached hydrogens (primary N) is 1. The van der Waals surface area contributed by atoms with E-state index in [1.54, 1.807) is 7.11 Å². The Labute approximate surface area is 92.0 Å². The van der Waals surface area contributed by atoms with Gasteiger partial charge in [-0.15, -0.1) is 0 Å². The fourth-order valence-corrected chi connectivity index (χ4v) is 1.43. The van der Waals surface area contributed by atoms with Crippen LogP contribution in [0.25, 0.3) is 0 Å². The van der Waals surface area contributed by atoms with E-state index in [4.69, 9.17) is 10.5 Å². The maximum Gasteiger partial charge on any atom is 0.141 e. The Hall–Kier alpha value is -0.680. The molecule has 1 rings (SSSR count). The predicted octanol–water partition coefficient (Wildman–Crippen LogP) is 1.92. The number of methoxy groups -OCH3 is 1. The van der Waals surface area contributed by atoms with Gasteiger partial charge < -0.3 is 10.5 Å². The van der Waals surface area contributed by atoms with Crippen LogP contribution in [0, 0.1) is 0 Å². The summed E-state index contributed by atoms with van der Waals surface area (Å²) in [6.45, 7) is 2.53. The summed E-state index contributed by atoms with van der Waals surface area (Å²) in [4.78, 5) is 8.52. The van der Waals surface area contributed by atoms with Crippen LogP contribution in [0.15, 0.2) is 4.47 Å². The molecule has 0 aliphatic heterocycles. The van der Waals surface area contributed by atoms with Gasteiger partial charge in [0, 0.05) is 13.5 Å². The van der Waals surface area contributed by atoms with Crippen molar-refractivity contribution in [2.45, 2.75) is 26.4 Å². The van der Waals surface area contributed by atoms with Gasteiger partial charge in [0.25, 0.3) is 0 Å². The fraction of sp³-hybridized carbons (Fsp3) is 0.556. The van der Waals surface area contributed by atoms with E-state index in [2.05, 4.69) is 32.8 Å². The molecule has 14 heavy (non-hydrogen) atoms. The Morgan fingerprint density at radius 1 is 1.43 bits per heavy atom. The molecule has 1 aromatic heterocycles. The number of ether oxygens (including phenoxy) is 1. The second-order valence-electron chi connectivity index (χ2n) is 2.97. The molecule has 0 bridgehead atoms. The second-order valence-corrected chi connectivity index (χ2v) is 3.76. The maximum atomic E-state index is 5.73. The second kappa shape index (κ2) is 5.26. The fourth-order valence-electron chi connectivity index (χ4n) is 1.13. The van der Waals surface area contributed by atoms with Gasteiger partial charge in [-0.2, -0.15) is 0 Å². The number of aryl methyl sites for hydroxylation is 1. The smallest absolute Gasteiger partial charge is 0.141 e. The van der Waals surface area contributed by atoms with Crippen molar-refractivity contribution in [3.63, 3.8) is 0 Å².